The molecule has 0 nitrogen and oxygen atoms in total. The first-order valence-electron chi connectivity index (χ1n) is 3.10. The van der Waals surface area contributed by atoms with Gasteiger partial charge >= 0.3 is 0 Å². The Morgan fingerprint density at radius 3 is 2.67 bits per heavy atom. The highest BCUT2D eigenvalue weighted by Crippen LogP contribution is 1.95. The maximum absolute atomic E-state index is 6.45. The van der Waals surface area contributed by atoms with Gasteiger partial charge in [-0.2, -0.15) is 0 Å². The van der Waals surface area contributed by atoms with Crippen LogP contribution in [0.5, 0.6) is 0 Å². The zero-order chi connectivity index (χ0) is 6.95. The van der Waals surface area contributed by atoms with Gasteiger partial charge in [-0.1, -0.05) is 25.7 Å². The van der Waals surface area contributed by atoms with E-state index < -0.39 is 0 Å². The molecule has 0 aromatic carbocycles. The highest BCUT2D eigenvalue weighted by Gasteiger charge is 1.78. The van der Waals surface area contributed by atoms with Gasteiger partial charge in [0.25, 0.3) is 0 Å². The average molecular weight is 118 g/mol. The molecule has 0 unspecified atom stereocenters. The minimum absolute atomic E-state index is 0.876. The fraction of sp³-hybridized carbons (Fsp3) is 0.444. The van der Waals surface area contributed by atoms with Crippen molar-refractivity contribution in [1.82, 2.24) is 0 Å². The zero-order valence-corrected chi connectivity index (χ0v) is 5.54. The van der Waals surface area contributed by atoms with Gasteiger partial charge in [0.15, 0.2) is 0 Å². The first-order valence-corrected chi connectivity index (χ1v) is 3.10. The van der Waals surface area contributed by atoms with E-state index in [0.29, 0.717) is 0 Å². The van der Waals surface area contributed by atoms with Gasteiger partial charge in [-0.15, -0.1) is 0 Å². The minimum Gasteiger partial charge on any atom is -0.0891 e. The van der Waals surface area contributed by atoms with Gasteiger partial charge in [-0.3, -0.25) is 0 Å². The van der Waals surface area contributed by atoms with E-state index in [0.717, 1.165) is 25.7 Å². The lowest BCUT2D eigenvalue weighted by atomic mass is 10.2. The second-order valence-electron chi connectivity index (χ2n) is 1.74. The summed E-state index contributed by atoms with van der Waals surface area (Å²) in [6.07, 6.45) is 10.5. The van der Waals surface area contributed by atoms with Crippen LogP contribution in [0.1, 0.15) is 25.7 Å². The van der Waals surface area contributed by atoms with Crippen molar-refractivity contribution in [2.24, 2.45) is 0 Å². The molecule has 0 amide bonds. The van der Waals surface area contributed by atoms with E-state index in [2.05, 4.69) is 18.8 Å². The van der Waals surface area contributed by atoms with E-state index in [4.69, 9.17) is 6.42 Å². The summed E-state index contributed by atoms with van der Waals surface area (Å²) in [7, 11) is 0. The molecule has 0 aromatic rings. The van der Waals surface area contributed by atoms with Crippen LogP contribution >= 0.6 is 0 Å². The monoisotopic (exact) mass is 118 g/mol. The van der Waals surface area contributed by atoms with E-state index in [1.807, 2.05) is 5.92 Å². The van der Waals surface area contributed by atoms with Crippen molar-refractivity contribution in [3.63, 3.8) is 0 Å². The molecule has 0 fully saturated rings. The number of hydrogen-bond donors (Lipinski definition) is 0. The third-order valence-electron chi connectivity index (χ3n) is 0.953. The number of unbranched alkanes of at least 4 members (excludes halogenated alkanes) is 3. The van der Waals surface area contributed by atoms with Crippen LogP contribution in [0.15, 0.2) is 0 Å². The smallest absolute Gasteiger partial charge is 0.00989 e. The summed E-state index contributed by atoms with van der Waals surface area (Å²) in [6, 6.07) is 0. The van der Waals surface area contributed by atoms with Crippen molar-refractivity contribution in [2.75, 3.05) is 0 Å². The second-order valence-corrected chi connectivity index (χ2v) is 1.74. The molecule has 0 atom stereocenters. The van der Waals surface area contributed by atoms with Crippen molar-refractivity contribution in [3.8, 4) is 17.8 Å². The molecule has 0 aliphatic heterocycles. The van der Waals surface area contributed by atoms with Gasteiger partial charge in [-0.25, -0.2) is 0 Å². The lowest BCUT2D eigenvalue weighted by Crippen LogP contribution is -1.70. The summed E-state index contributed by atoms with van der Waals surface area (Å²) in [6.45, 7) is 3.70. The summed E-state index contributed by atoms with van der Waals surface area (Å²) in [4.78, 5) is 0. The molecule has 0 heterocycles. The van der Waals surface area contributed by atoms with Crippen LogP contribution < -0.4 is 0 Å². The quantitative estimate of drug-likeness (QED) is 0.392. The van der Waals surface area contributed by atoms with Gasteiger partial charge in [0.2, 0.25) is 0 Å². The molecule has 0 heteroatoms. The van der Waals surface area contributed by atoms with E-state index in [1.54, 1.807) is 0 Å². The predicted octanol–water partition coefficient (Wildman–Crippen LogP) is 1.97. The maximum atomic E-state index is 6.45. The highest BCUT2D eigenvalue weighted by molar-refractivity contribution is 5.18. The minimum atomic E-state index is 0.876. The van der Waals surface area contributed by atoms with Crippen LogP contribution in [0.3, 0.4) is 0 Å². The normalized spacial score (nSPS) is 7.11. The van der Waals surface area contributed by atoms with Crippen LogP contribution in [0, 0.1) is 31.1 Å². The van der Waals surface area contributed by atoms with Crippen molar-refractivity contribution in [1.29, 1.82) is 0 Å². The first-order chi connectivity index (χ1) is 4.41. The average Bonchev–Trinajstić information content (AvgIpc) is 1.89. The van der Waals surface area contributed by atoms with Crippen molar-refractivity contribution in [2.45, 2.75) is 25.7 Å². The molecule has 0 bridgehead atoms. The van der Waals surface area contributed by atoms with Gasteiger partial charge in [0.05, 0.1) is 0 Å². The summed E-state index contributed by atoms with van der Waals surface area (Å²) >= 11 is 0. The Hall–Kier alpha value is -0.880. The van der Waals surface area contributed by atoms with E-state index in [-0.39, 0.29) is 0 Å². The number of hydrogen-bond acceptors (Lipinski definition) is 0. The van der Waals surface area contributed by atoms with Crippen LogP contribution in [0.2, 0.25) is 0 Å². The van der Waals surface area contributed by atoms with E-state index >= 15 is 0 Å². The molecule has 0 aliphatic carbocycles. The van der Waals surface area contributed by atoms with Gasteiger partial charge < -0.3 is 0 Å². The molecule has 0 spiro atoms. The number of rotatable bonds is 3. The molecule has 0 aromatic heterocycles. The highest BCUT2D eigenvalue weighted by atomic mass is 13.8. The Kier molecular flexibility index (Phi) is 6.42. The SMILES string of the molecule is [C]#CC#CCCCC[CH2]. The van der Waals surface area contributed by atoms with Gasteiger partial charge in [0.1, 0.15) is 0 Å². The van der Waals surface area contributed by atoms with Crippen LogP contribution in [-0.4, -0.2) is 0 Å². The Bertz CT molecular complexity index is 138. The molecule has 0 rings (SSSR count). The maximum Gasteiger partial charge on any atom is 0.00989 e. The fourth-order valence-corrected chi connectivity index (χ4v) is 0.497. The van der Waals surface area contributed by atoms with Gasteiger partial charge in [-0.05, 0) is 24.7 Å². The first kappa shape index (κ1) is 8.12. The molecule has 2 radical (unpaired) electrons. The Balaban J connectivity index is 3.02. The summed E-state index contributed by atoms with van der Waals surface area (Å²) in [5.41, 5.74) is 0. The standard InChI is InChI=1S/C9H10/c1-3-5-7-9-8-6-4-2/h1,3,5,7,9H2. The topological polar surface area (TPSA) is 0 Å². The molecule has 0 saturated heterocycles. The Morgan fingerprint density at radius 2 is 2.11 bits per heavy atom. The molecule has 46 valence electrons. The second kappa shape index (κ2) is 7.12. The largest absolute Gasteiger partial charge is 0.0891 e. The molecular formula is C9H10. The van der Waals surface area contributed by atoms with E-state index in [1.165, 1.54) is 0 Å². The zero-order valence-electron chi connectivity index (χ0n) is 5.54. The molecule has 0 N–H and O–H groups in total. The third-order valence-corrected chi connectivity index (χ3v) is 0.953. The fourth-order valence-electron chi connectivity index (χ4n) is 0.497. The summed E-state index contributed by atoms with van der Waals surface area (Å²) in [5, 5.41) is 0. The molecule has 0 saturated carbocycles. The van der Waals surface area contributed by atoms with Gasteiger partial charge in [0, 0.05) is 6.42 Å². The van der Waals surface area contributed by atoms with Crippen LogP contribution in [0.4, 0.5) is 0 Å². The predicted molar refractivity (Wildman–Crippen MR) is 38.7 cm³/mol. The molecular weight excluding hydrogens is 108 g/mol. The Morgan fingerprint density at radius 1 is 1.33 bits per heavy atom. The Labute approximate surface area is 57.7 Å². The van der Waals surface area contributed by atoms with Crippen LogP contribution in [-0.2, 0) is 0 Å². The molecule has 9 heavy (non-hydrogen) atoms. The van der Waals surface area contributed by atoms with Crippen molar-refractivity contribution < 1.29 is 0 Å². The summed E-state index contributed by atoms with van der Waals surface area (Å²) < 4.78 is 0. The van der Waals surface area contributed by atoms with Crippen molar-refractivity contribution in [3.05, 3.63) is 13.3 Å². The lowest BCUT2D eigenvalue weighted by Gasteiger charge is -1.86. The third kappa shape index (κ3) is 7.12. The lowest BCUT2D eigenvalue weighted by molar-refractivity contribution is 0.770. The van der Waals surface area contributed by atoms with Crippen molar-refractivity contribution >= 4 is 0 Å². The summed E-state index contributed by atoms with van der Waals surface area (Å²) in [5.74, 6) is 7.26. The van der Waals surface area contributed by atoms with E-state index in [9.17, 15) is 0 Å². The van der Waals surface area contributed by atoms with Crippen LogP contribution in [0.25, 0.3) is 0 Å². The molecule has 0 aliphatic rings.